The van der Waals surface area contributed by atoms with Gasteiger partial charge in [-0.1, -0.05) is 28.1 Å². The summed E-state index contributed by atoms with van der Waals surface area (Å²) in [5.74, 6) is 0. The number of nitriles is 1. The minimum atomic E-state index is 0.534. The molecule has 2 heterocycles. The molecule has 0 unspecified atom stereocenters. The predicted molar refractivity (Wildman–Crippen MR) is 86.0 cm³/mol. The van der Waals surface area contributed by atoms with Crippen LogP contribution in [0.5, 0.6) is 0 Å². The third kappa shape index (κ3) is 2.96. The Kier molecular flexibility index (Phi) is 3.71. The van der Waals surface area contributed by atoms with Gasteiger partial charge in [-0.25, -0.2) is 0 Å². The Balaban J connectivity index is 1.96. The Morgan fingerprint density at radius 1 is 1.24 bits per heavy atom. The molecule has 2 N–H and O–H groups in total. The molecule has 0 fully saturated rings. The third-order valence-electron chi connectivity index (χ3n) is 3.03. The lowest BCUT2D eigenvalue weighted by molar-refractivity contribution is 1.08. The maximum Gasteiger partial charge on any atom is 0.101 e. The molecule has 2 aromatic heterocycles. The van der Waals surface area contributed by atoms with E-state index < -0.39 is 0 Å². The van der Waals surface area contributed by atoms with E-state index in [1.54, 1.807) is 6.08 Å². The molecule has 3 rings (SSSR count). The van der Waals surface area contributed by atoms with Crippen LogP contribution in [0.3, 0.4) is 0 Å². The molecule has 0 atom stereocenters. The van der Waals surface area contributed by atoms with Gasteiger partial charge < -0.3 is 4.98 Å². The summed E-state index contributed by atoms with van der Waals surface area (Å²) in [4.78, 5) is 3.05. The molecule has 0 saturated carbocycles. The van der Waals surface area contributed by atoms with E-state index in [9.17, 15) is 5.26 Å². The summed E-state index contributed by atoms with van der Waals surface area (Å²) in [5.41, 5.74) is 3.90. The van der Waals surface area contributed by atoms with E-state index in [1.807, 2.05) is 48.7 Å². The first-order valence-corrected chi connectivity index (χ1v) is 7.12. The number of H-pyrrole nitrogens is 2. The lowest BCUT2D eigenvalue weighted by Crippen LogP contribution is -1.82. The van der Waals surface area contributed by atoms with Crippen LogP contribution >= 0.6 is 15.9 Å². The molecule has 0 amide bonds. The van der Waals surface area contributed by atoms with Crippen LogP contribution in [-0.4, -0.2) is 15.2 Å². The van der Waals surface area contributed by atoms with E-state index in [0.29, 0.717) is 11.3 Å². The molecular formula is C16H11BrN4. The van der Waals surface area contributed by atoms with E-state index in [1.165, 1.54) is 0 Å². The molecule has 0 aliphatic rings. The smallest absolute Gasteiger partial charge is 0.101 e. The van der Waals surface area contributed by atoms with Gasteiger partial charge in [0.15, 0.2) is 0 Å². The lowest BCUT2D eigenvalue weighted by atomic mass is 10.1. The monoisotopic (exact) mass is 338 g/mol. The van der Waals surface area contributed by atoms with Crippen LogP contribution in [0.1, 0.15) is 11.4 Å². The number of hydrogen-bond donors (Lipinski definition) is 2. The van der Waals surface area contributed by atoms with Crippen molar-refractivity contribution in [2.45, 2.75) is 0 Å². The van der Waals surface area contributed by atoms with Crippen molar-refractivity contribution < 1.29 is 0 Å². The first kappa shape index (κ1) is 13.4. The summed E-state index contributed by atoms with van der Waals surface area (Å²) < 4.78 is 0.993. The van der Waals surface area contributed by atoms with Gasteiger partial charge in [0.25, 0.3) is 0 Å². The molecule has 21 heavy (non-hydrogen) atoms. The van der Waals surface area contributed by atoms with Crippen LogP contribution in [0.4, 0.5) is 0 Å². The summed E-state index contributed by atoms with van der Waals surface area (Å²) in [6, 6.07) is 15.7. The van der Waals surface area contributed by atoms with Gasteiger partial charge in [-0.2, -0.15) is 10.4 Å². The van der Waals surface area contributed by atoms with Crippen molar-refractivity contribution >= 4 is 27.6 Å². The Labute approximate surface area is 130 Å². The second-order valence-electron chi connectivity index (χ2n) is 4.47. The highest BCUT2D eigenvalue weighted by Gasteiger charge is 2.08. The molecule has 4 nitrogen and oxygen atoms in total. The highest BCUT2D eigenvalue weighted by Crippen LogP contribution is 2.24. The van der Waals surface area contributed by atoms with Crippen molar-refractivity contribution in [3.63, 3.8) is 0 Å². The Morgan fingerprint density at radius 2 is 2.14 bits per heavy atom. The van der Waals surface area contributed by atoms with Crippen molar-refractivity contribution in [1.29, 1.82) is 5.26 Å². The number of nitrogens with zero attached hydrogens (tertiary/aromatic N) is 2. The maximum atomic E-state index is 9.31. The molecule has 1 aromatic carbocycles. The van der Waals surface area contributed by atoms with Crippen LogP contribution in [0, 0.1) is 11.3 Å². The molecule has 5 heteroatoms. The van der Waals surface area contributed by atoms with Crippen LogP contribution in [-0.2, 0) is 0 Å². The van der Waals surface area contributed by atoms with Gasteiger partial charge in [0, 0.05) is 21.9 Å². The Morgan fingerprint density at radius 3 is 2.86 bits per heavy atom. The number of halogens is 1. The normalized spacial score (nSPS) is 11.3. The minimum absolute atomic E-state index is 0.534. The van der Waals surface area contributed by atoms with Gasteiger partial charge in [0.2, 0.25) is 0 Å². The summed E-state index contributed by atoms with van der Waals surface area (Å²) in [6.07, 6.45) is 3.61. The summed E-state index contributed by atoms with van der Waals surface area (Å²) >= 11 is 3.44. The van der Waals surface area contributed by atoms with Crippen molar-refractivity contribution in [3.8, 4) is 17.3 Å². The average molecular weight is 339 g/mol. The number of benzene rings is 1. The Hall–Kier alpha value is -2.58. The van der Waals surface area contributed by atoms with Gasteiger partial charge in [0.05, 0.1) is 17.0 Å². The molecule has 0 spiro atoms. The molecule has 0 aliphatic carbocycles. The van der Waals surface area contributed by atoms with Crippen molar-refractivity contribution in [3.05, 3.63) is 64.5 Å². The zero-order valence-corrected chi connectivity index (χ0v) is 12.6. The van der Waals surface area contributed by atoms with Gasteiger partial charge in [-0.05, 0) is 36.4 Å². The zero-order chi connectivity index (χ0) is 14.7. The van der Waals surface area contributed by atoms with Crippen molar-refractivity contribution in [1.82, 2.24) is 15.2 Å². The van der Waals surface area contributed by atoms with Gasteiger partial charge >= 0.3 is 0 Å². The van der Waals surface area contributed by atoms with Crippen LogP contribution < -0.4 is 0 Å². The van der Waals surface area contributed by atoms with E-state index >= 15 is 0 Å². The minimum Gasteiger partial charge on any atom is -0.362 e. The number of nitrogens with one attached hydrogen (secondary N) is 2. The fraction of sp³-hybridized carbons (Fsp3) is 0. The SMILES string of the molecule is N#C/C(=C\c1ccc[nH]1)c1cc(-c2cccc(Br)c2)n[nH]1. The number of aromatic amines is 2. The lowest BCUT2D eigenvalue weighted by Gasteiger charge is -1.96. The summed E-state index contributed by atoms with van der Waals surface area (Å²) in [6.45, 7) is 0. The maximum absolute atomic E-state index is 9.31. The molecule has 0 radical (unpaired) electrons. The van der Waals surface area contributed by atoms with Crippen molar-refractivity contribution in [2.75, 3.05) is 0 Å². The second kappa shape index (κ2) is 5.81. The molecule has 3 aromatic rings. The average Bonchev–Trinajstić information content (AvgIpc) is 3.16. The molecule has 0 bridgehead atoms. The highest BCUT2D eigenvalue weighted by molar-refractivity contribution is 9.10. The number of allylic oxidation sites excluding steroid dienone is 1. The second-order valence-corrected chi connectivity index (χ2v) is 5.39. The molecular weight excluding hydrogens is 328 g/mol. The Bertz CT molecular complexity index is 822. The highest BCUT2D eigenvalue weighted by atomic mass is 79.9. The molecule has 0 aliphatic heterocycles. The van der Waals surface area contributed by atoms with E-state index in [0.717, 1.165) is 21.4 Å². The fourth-order valence-electron chi connectivity index (χ4n) is 2.02. The van der Waals surface area contributed by atoms with Gasteiger partial charge in [-0.15, -0.1) is 0 Å². The number of aromatic nitrogens is 3. The third-order valence-corrected chi connectivity index (χ3v) is 3.52. The number of hydrogen-bond acceptors (Lipinski definition) is 2. The van der Waals surface area contributed by atoms with Crippen molar-refractivity contribution in [2.24, 2.45) is 0 Å². The molecule has 102 valence electrons. The van der Waals surface area contributed by atoms with Gasteiger partial charge in [-0.3, -0.25) is 5.10 Å². The summed E-state index contributed by atoms with van der Waals surface area (Å²) in [7, 11) is 0. The first-order valence-electron chi connectivity index (χ1n) is 6.33. The van der Waals surface area contributed by atoms with E-state index in [-0.39, 0.29) is 0 Å². The number of rotatable bonds is 3. The summed E-state index contributed by atoms with van der Waals surface area (Å²) in [5, 5.41) is 16.5. The van der Waals surface area contributed by atoms with E-state index in [2.05, 4.69) is 37.2 Å². The van der Waals surface area contributed by atoms with Crippen LogP contribution in [0.2, 0.25) is 0 Å². The van der Waals surface area contributed by atoms with Gasteiger partial charge in [0.1, 0.15) is 6.07 Å². The first-order chi connectivity index (χ1) is 10.3. The standard InChI is InChI=1S/C16H11BrN4/c17-13-4-1-3-11(7-13)15-9-16(21-20-15)12(10-18)8-14-5-2-6-19-14/h1-9,19H,(H,20,21)/b12-8+. The topological polar surface area (TPSA) is 68.3 Å². The largest absolute Gasteiger partial charge is 0.362 e. The van der Waals surface area contributed by atoms with E-state index in [4.69, 9.17) is 0 Å². The quantitative estimate of drug-likeness (QED) is 0.701. The zero-order valence-electron chi connectivity index (χ0n) is 11.0. The predicted octanol–water partition coefficient (Wildman–Crippen LogP) is 4.23. The van der Waals surface area contributed by atoms with Crippen LogP contribution in [0.25, 0.3) is 22.9 Å². The fourth-order valence-corrected chi connectivity index (χ4v) is 2.41. The molecule has 0 saturated heterocycles. The van der Waals surface area contributed by atoms with Crippen LogP contribution in [0.15, 0.2) is 53.1 Å².